The van der Waals surface area contributed by atoms with Crippen LogP contribution in [0, 0.1) is 0 Å². The Balaban J connectivity index is 2.17. The van der Waals surface area contributed by atoms with E-state index in [9.17, 15) is 28.5 Å². The Morgan fingerprint density at radius 2 is 1.33 bits per heavy atom. The van der Waals surface area contributed by atoms with Crippen molar-refractivity contribution in [3.05, 3.63) is 48.6 Å². The third kappa shape index (κ3) is 23.2. The number of esters is 1. The second kappa shape index (κ2) is 28.7. The van der Waals surface area contributed by atoms with Gasteiger partial charge in [0.05, 0.1) is 19.8 Å². The zero-order valence-corrected chi connectivity index (χ0v) is 30.3. The van der Waals surface area contributed by atoms with Crippen LogP contribution >= 0.6 is 0 Å². The topological polar surface area (TPSA) is 178 Å². The van der Waals surface area contributed by atoms with Gasteiger partial charge in [-0.3, -0.25) is 9.35 Å². The van der Waals surface area contributed by atoms with Crippen molar-refractivity contribution in [2.75, 3.05) is 26.4 Å². The minimum absolute atomic E-state index is 0.0203. The summed E-state index contributed by atoms with van der Waals surface area (Å²) in [6, 6.07) is 0. The Labute approximate surface area is 294 Å². The fourth-order valence-corrected chi connectivity index (χ4v) is 5.56. The van der Waals surface area contributed by atoms with E-state index in [0.717, 1.165) is 51.4 Å². The fraction of sp³-hybridized carbons (Fsp3) is 0.750. The van der Waals surface area contributed by atoms with Crippen LogP contribution in [0.2, 0.25) is 0 Å². The van der Waals surface area contributed by atoms with Crippen LogP contribution in [0.3, 0.4) is 0 Å². The number of unbranched alkanes of at least 4 members (excludes halogenated alkanes) is 9. The zero-order chi connectivity index (χ0) is 36.2. The first-order valence-electron chi connectivity index (χ1n) is 17.9. The van der Waals surface area contributed by atoms with Crippen molar-refractivity contribution in [3.63, 3.8) is 0 Å². The van der Waals surface area contributed by atoms with Crippen LogP contribution in [-0.2, 0) is 38.3 Å². The van der Waals surface area contributed by atoms with Crippen molar-refractivity contribution < 1.29 is 56.2 Å². The highest BCUT2D eigenvalue weighted by atomic mass is 32.3. The molecule has 0 radical (unpaired) electrons. The minimum Gasteiger partial charge on any atom is -0.457 e. The van der Waals surface area contributed by atoms with Gasteiger partial charge in [-0.2, -0.15) is 8.42 Å². The molecule has 284 valence electrons. The molecule has 1 aliphatic rings. The Bertz CT molecular complexity index is 1060. The summed E-state index contributed by atoms with van der Waals surface area (Å²) in [7, 11) is -5.04. The predicted molar refractivity (Wildman–Crippen MR) is 188 cm³/mol. The highest BCUT2D eigenvalue weighted by molar-refractivity contribution is 7.80. The maximum Gasteiger partial charge on any atom is 0.397 e. The van der Waals surface area contributed by atoms with Crippen LogP contribution in [0.25, 0.3) is 0 Å². The monoisotopic (exact) mass is 718 g/mol. The van der Waals surface area contributed by atoms with E-state index in [1.165, 1.54) is 38.5 Å². The van der Waals surface area contributed by atoms with Gasteiger partial charge >= 0.3 is 16.4 Å². The zero-order valence-electron chi connectivity index (χ0n) is 29.5. The van der Waals surface area contributed by atoms with Gasteiger partial charge in [0.25, 0.3) is 0 Å². The third-order valence-corrected chi connectivity index (χ3v) is 8.24. The maximum atomic E-state index is 11.9. The van der Waals surface area contributed by atoms with Crippen LogP contribution in [0.1, 0.15) is 110 Å². The van der Waals surface area contributed by atoms with Gasteiger partial charge in [-0.05, 0) is 44.9 Å². The number of carbonyl (C=O) groups excluding carboxylic acids is 1. The minimum atomic E-state index is -5.04. The number of aliphatic hydroxyl groups excluding tert-OH is 3. The lowest BCUT2D eigenvalue weighted by molar-refractivity contribution is -0.301. The van der Waals surface area contributed by atoms with Crippen molar-refractivity contribution in [2.45, 2.75) is 147 Å². The largest absolute Gasteiger partial charge is 0.457 e. The third-order valence-electron chi connectivity index (χ3n) is 7.77. The summed E-state index contributed by atoms with van der Waals surface area (Å²) >= 11 is 0. The SMILES string of the molecule is CC/C=C\C/C=C\C/C=C\C/C=C\CCCCCCCCCCCOCC(COC1OC(CO)C(O)C(OS(=O)(=O)O)C1O)OC(=O)CC. The summed E-state index contributed by atoms with van der Waals surface area (Å²) in [5.74, 6) is -0.492. The first-order valence-corrected chi connectivity index (χ1v) is 19.3. The van der Waals surface area contributed by atoms with E-state index in [1.807, 2.05) is 0 Å². The lowest BCUT2D eigenvalue weighted by Gasteiger charge is -2.41. The summed E-state index contributed by atoms with van der Waals surface area (Å²) in [6.45, 7) is 3.22. The Hall–Kier alpha value is -1.94. The molecule has 0 spiro atoms. The lowest BCUT2D eigenvalue weighted by atomic mass is 9.99. The number of hydrogen-bond acceptors (Lipinski definition) is 11. The Morgan fingerprint density at radius 1 is 0.776 bits per heavy atom. The van der Waals surface area contributed by atoms with Gasteiger partial charge in [0.1, 0.15) is 30.5 Å². The number of allylic oxidation sites excluding steroid dienone is 8. The molecule has 1 fully saturated rings. The van der Waals surface area contributed by atoms with E-state index in [4.69, 9.17) is 23.5 Å². The summed E-state index contributed by atoms with van der Waals surface area (Å²) in [6.07, 6.45) is 24.3. The molecule has 0 bridgehead atoms. The van der Waals surface area contributed by atoms with E-state index >= 15 is 0 Å². The van der Waals surface area contributed by atoms with Gasteiger partial charge in [-0.15, -0.1) is 0 Å². The molecule has 13 heteroatoms. The van der Waals surface area contributed by atoms with Crippen LogP contribution in [0.5, 0.6) is 0 Å². The summed E-state index contributed by atoms with van der Waals surface area (Å²) in [4.78, 5) is 11.9. The predicted octanol–water partition coefficient (Wildman–Crippen LogP) is 5.67. The quantitative estimate of drug-likeness (QED) is 0.0323. The molecule has 49 heavy (non-hydrogen) atoms. The van der Waals surface area contributed by atoms with Crippen LogP contribution < -0.4 is 0 Å². The molecule has 0 amide bonds. The summed E-state index contributed by atoms with van der Waals surface area (Å²) in [5.41, 5.74) is 0. The normalized spacial score (nSPS) is 22.6. The summed E-state index contributed by atoms with van der Waals surface area (Å²) in [5, 5.41) is 30.1. The second-order valence-electron chi connectivity index (χ2n) is 12.0. The van der Waals surface area contributed by atoms with Gasteiger partial charge in [-0.1, -0.05) is 107 Å². The molecular weight excluding hydrogens is 656 g/mol. The van der Waals surface area contributed by atoms with Crippen molar-refractivity contribution >= 4 is 16.4 Å². The molecule has 0 aromatic rings. The Kier molecular flexibility index (Phi) is 26.4. The fourth-order valence-electron chi connectivity index (χ4n) is 5.05. The smallest absolute Gasteiger partial charge is 0.397 e. The molecule has 0 aromatic carbocycles. The van der Waals surface area contributed by atoms with E-state index in [1.54, 1.807) is 6.92 Å². The first kappa shape index (κ1) is 45.1. The van der Waals surface area contributed by atoms with Gasteiger partial charge in [0.15, 0.2) is 6.29 Å². The molecule has 1 saturated heterocycles. The molecule has 4 N–H and O–H groups in total. The summed E-state index contributed by atoms with van der Waals surface area (Å²) < 4.78 is 57.6. The molecule has 6 atom stereocenters. The van der Waals surface area contributed by atoms with Gasteiger partial charge in [-0.25, -0.2) is 4.18 Å². The van der Waals surface area contributed by atoms with Crippen molar-refractivity contribution in [1.29, 1.82) is 0 Å². The van der Waals surface area contributed by atoms with E-state index in [-0.39, 0.29) is 19.6 Å². The standard InChI is InChI=1S/C36H62O12S/c1-3-5-6-7-8-9-10-11-12-13-14-15-16-17-18-19-20-21-22-23-24-25-26-44-28-30(46-32(38)4-2)29-45-36-34(40)35(48-49(41,42)43)33(39)31(27-37)47-36/h5-6,8-9,11-12,14-15,30-31,33-37,39-40H,3-4,7,10,13,16-29H2,1-2H3,(H,41,42,43)/b6-5-,9-8-,12-11-,15-14-. The molecule has 0 saturated carbocycles. The number of hydrogen-bond donors (Lipinski definition) is 4. The number of carbonyl (C=O) groups is 1. The highest BCUT2D eigenvalue weighted by Crippen LogP contribution is 2.26. The maximum absolute atomic E-state index is 11.9. The Morgan fingerprint density at radius 3 is 1.88 bits per heavy atom. The molecule has 1 heterocycles. The van der Waals surface area contributed by atoms with E-state index < -0.39 is 59.8 Å². The van der Waals surface area contributed by atoms with Crippen molar-refractivity contribution in [1.82, 2.24) is 0 Å². The number of ether oxygens (including phenoxy) is 4. The molecule has 1 rings (SSSR count). The molecule has 1 aliphatic heterocycles. The number of aliphatic hydroxyl groups is 3. The molecular formula is C36H62O12S. The van der Waals surface area contributed by atoms with Gasteiger partial charge < -0.3 is 34.3 Å². The lowest BCUT2D eigenvalue weighted by Crippen LogP contribution is -2.60. The van der Waals surface area contributed by atoms with Crippen molar-refractivity contribution in [3.8, 4) is 0 Å². The van der Waals surface area contributed by atoms with E-state index in [2.05, 4.69) is 59.7 Å². The second-order valence-corrected chi connectivity index (χ2v) is 13.1. The average molecular weight is 719 g/mol. The first-order chi connectivity index (χ1) is 23.6. The van der Waals surface area contributed by atoms with Crippen LogP contribution in [0.4, 0.5) is 0 Å². The average Bonchev–Trinajstić information content (AvgIpc) is 3.07. The van der Waals surface area contributed by atoms with Crippen LogP contribution in [0.15, 0.2) is 48.6 Å². The molecule has 6 unspecified atom stereocenters. The van der Waals surface area contributed by atoms with Crippen molar-refractivity contribution in [2.24, 2.45) is 0 Å². The van der Waals surface area contributed by atoms with Gasteiger partial charge in [0, 0.05) is 13.0 Å². The van der Waals surface area contributed by atoms with Gasteiger partial charge in [0.2, 0.25) is 0 Å². The number of rotatable bonds is 29. The van der Waals surface area contributed by atoms with E-state index in [0.29, 0.717) is 6.61 Å². The highest BCUT2D eigenvalue weighted by Gasteiger charge is 2.48. The molecule has 0 aliphatic carbocycles. The molecule has 12 nitrogen and oxygen atoms in total. The van der Waals surface area contributed by atoms with Crippen LogP contribution in [-0.4, -0.2) is 97.5 Å². The molecule has 0 aromatic heterocycles.